The zero-order valence-corrected chi connectivity index (χ0v) is 21.7. The Morgan fingerprint density at radius 3 is 2.36 bits per heavy atom. The maximum atomic E-state index is 13.2. The Kier molecular flexibility index (Phi) is 6.61. The lowest BCUT2D eigenvalue weighted by atomic mass is 9.96. The highest BCUT2D eigenvalue weighted by atomic mass is 32.2. The molecule has 192 valence electrons. The summed E-state index contributed by atoms with van der Waals surface area (Å²) in [6, 6.07) is 15.4. The van der Waals surface area contributed by atoms with Crippen LogP contribution < -0.4 is 0 Å². The topological polar surface area (TPSA) is 109 Å². The summed E-state index contributed by atoms with van der Waals surface area (Å²) in [6.45, 7) is 7.88. The molecule has 9 nitrogen and oxygen atoms in total. The van der Waals surface area contributed by atoms with E-state index in [2.05, 4.69) is 0 Å². The van der Waals surface area contributed by atoms with E-state index in [1.54, 1.807) is 69.3 Å². The number of rotatable bonds is 5. The minimum Gasteiger partial charge on any atom is -0.479 e. The maximum Gasteiger partial charge on any atom is 0.411 e. The molecule has 1 fully saturated rings. The van der Waals surface area contributed by atoms with Gasteiger partial charge in [-0.2, -0.15) is 0 Å². The summed E-state index contributed by atoms with van der Waals surface area (Å²) < 4.78 is 33.1. The van der Waals surface area contributed by atoms with Crippen LogP contribution in [0.4, 0.5) is 4.79 Å². The van der Waals surface area contributed by atoms with Gasteiger partial charge in [-0.3, -0.25) is 9.80 Å². The number of aliphatic carboxylic acids is 1. The first-order valence-corrected chi connectivity index (χ1v) is 13.1. The van der Waals surface area contributed by atoms with E-state index in [0.29, 0.717) is 18.6 Å². The zero-order valence-electron chi connectivity index (χ0n) is 20.8. The van der Waals surface area contributed by atoms with Crippen LogP contribution in [0, 0.1) is 0 Å². The average molecular weight is 514 g/mol. The van der Waals surface area contributed by atoms with Crippen molar-refractivity contribution in [3.05, 3.63) is 66.4 Å². The summed E-state index contributed by atoms with van der Waals surface area (Å²) in [5.74, 6) is -1.11. The third-order valence-electron chi connectivity index (χ3n) is 6.32. The second-order valence-electron chi connectivity index (χ2n) is 10.2. The van der Waals surface area contributed by atoms with Crippen molar-refractivity contribution in [1.82, 2.24) is 13.8 Å². The number of carbonyl (C=O) groups excluding carboxylic acids is 1. The van der Waals surface area contributed by atoms with Crippen molar-refractivity contribution in [2.24, 2.45) is 0 Å². The van der Waals surface area contributed by atoms with Gasteiger partial charge in [0.2, 0.25) is 0 Å². The summed E-state index contributed by atoms with van der Waals surface area (Å²) >= 11 is 0. The van der Waals surface area contributed by atoms with Gasteiger partial charge in [0, 0.05) is 37.8 Å². The Bertz CT molecular complexity index is 1390. The Morgan fingerprint density at radius 1 is 1.03 bits per heavy atom. The molecule has 1 atom stereocenters. The van der Waals surface area contributed by atoms with Crippen LogP contribution in [-0.2, 0) is 26.1 Å². The van der Waals surface area contributed by atoms with E-state index in [1.165, 1.54) is 22.0 Å². The molecule has 10 heteroatoms. The van der Waals surface area contributed by atoms with E-state index in [4.69, 9.17) is 4.74 Å². The number of nitrogens with zero attached hydrogens (tertiary/aromatic N) is 3. The number of fused-ring (bicyclic) bond motifs is 1. The molecule has 0 bridgehead atoms. The molecule has 0 aliphatic carbocycles. The molecule has 1 aliphatic rings. The van der Waals surface area contributed by atoms with E-state index in [0.717, 1.165) is 10.9 Å². The molecule has 1 N–H and O–H groups in total. The van der Waals surface area contributed by atoms with Gasteiger partial charge >= 0.3 is 12.1 Å². The van der Waals surface area contributed by atoms with Gasteiger partial charge in [0.1, 0.15) is 5.60 Å². The predicted octanol–water partition coefficient (Wildman–Crippen LogP) is 3.77. The van der Waals surface area contributed by atoms with E-state index < -0.39 is 33.2 Å². The minimum absolute atomic E-state index is 0.0982. The number of carboxylic acids is 1. The van der Waals surface area contributed by atoms with Gasteiger partial charge in [0.25, 0.3) is 10.0 Å². The van der Waals surface area contributed by atoms with Gasteiger partial charge in [0.15, 0.2) is 5.54 Å². The van der Waals surface area contributed by atoms with E-state index in [9.17, 15) is 23.1 Å². The SMILES string of the molecule is CC(C)(C)OC(=O)N1CCN(Cc2cccc3c2ccn3S(=O)(=O)c2ccccc2)CC1(C)C(=O)O. The summed E-state index contributed by atoms with van der Waals surface area (Å²) in [6.07, 6.45) is 0.885. The van der Waals surface area contributed by atoms with E-state index in [1.807, 2.05) is 11.0 Å². The zero-order chi connectivity index (χ0) is 26.3. The molecule has 2 aromatic carbocycles. The molecule has 0 saturated carbocycles. The van der Waals surface area contributed by atoms with Gasteiger partial charge in [0.05, 0.1) is 10.4 Å². The Morgan fingerprint density at radius 2 is 1.72 bits per heavy atom. The van der Waals surface area contributed by atoms with E-state index >= 15 is 0 Å². The normalized spacial score (nSPS) is 19.4. The van der Waals surface area contributed by atoms with Crippen molar-refractivity contribution in [3.8, 4) is 0 Å². The highest BCUT2D eigenvalue weighted by Crippen LogP contribution is 2.29. The monoisotopic (exact) mass is 513 g/mol. The maximum absolute atomic E-state index is 13.2. The largest absolute Gasteiger partial charge is 0.479 e. The van der Waals surface area contributed by atoms with Gasteiger partial charge in [-0.05, 0) is 57.5 Å². The molecule has 1 amide bonds. The van der Waals surface area contributed by atoms with Gasteiger partial charge in [-0.1, -0.05) is 30.3 Å². The van der Waals surface area contributed by atoms with Crippen molar-refractivity contribution < 1.29 is 27.9 Å². The molecule has 0 radical (unpaired) electrons. The van der Waals surface area contributed by atoms with Crippen molar-refractivity contribution in [3.63, 3.8) is 0 Å². The molecule has 4 rings (SSSR count). The van der Waals surface area contributed by atoms with Crippen molar-refractivity contribution in [1.29, 1.82) is 0 Å². The molecule has 3 aromatic rings. The molecule has 1 aromatic heterocycles. The van der Waals surface area contributed by atoms with Crippen molar-refractivity contribution in [2.45, 2.75) is 50.3 Å². The molecule has 1 saturated heterocycles. The Hall–Kier alpha value is -3.37. The predicted molar refractivity (Wildman–Crippen MR) is 135 cm³/mol. The number of aromatic nitrogens is 1. The Balaban J connectivity index is 1.61. The lowest BCUT2D eigenvalue weighted by Crippen LogP contribution is -2.66. The molecule has 1 aliphatic heterocycles. The van der Waals surface area contributed by atoms with E-state index in [-0.39, 0.29) is 18.0 Å². The quantitative estimate of drug-likeness (QED) is 0.553. The third kappa shape index (κ3) is 4.83. The van der Waals surface area contributed by atoms with Crippen LogP contribution in [0.25, 0.3) is 10.9 Å². The highest BCUT2D eigenvalue weighted by molar-refractivity contribution is 7.90. The lowest BCUT2D eigenvalue weighted by Gasteiger charge is -2.46. The summed E-state index contributed by atoms with van der Waals surface area (Å²) in [7, 11) is -3.77. The Labute approximate surface area is 210 Å². The summed E-state index contributed by atoms with van der Waals surface area (Å²) in [4.78, 5) is 28.5. The molecule has 0 spiro atoms. The average Bonchev–Trinajstić information content (AvgIpc) is 3.24. The first-order valence-electron chi connectivity index (χ1n) is 11.7. The summed E-state index contributed by atoms with van der Waals surface area (Å²) in [5.41, 5.74) is -0.800. The fourth-order valence-corrected chi connectivity index (χ4v) is 5.88. The summed E-state index contributed by atoms with van der Waals surface area (Å²) in [5, 5.41) is 10.8. The van der Waals surface area contributed by atoms with Crippen molar-refractivity contribution >= 4 is 33.0 Å². The smallest absolute Gasteiger partial charge is 0.411 e. The number of hydrogen-bond acceptors (Lipinski definition) is 6. The second-order valence-corrected chi connectivity index (χ2v) is 12.0. The number of ether oxygens (including phenoxy) is 1. The third-order valence-corrected chi connectivity index (χ3v) is 8.03. The number of piperazine rings is 1. The molecular formula is C26H31N3O6S. The minimum atomic E-state index is -3.77. The van der Waals surface area contributed by atoms with Crippen LogP contribution in [0.15, 0.2) is 65.7 Å². The first kappa shape index (κ1) is 25.7. The van der Waals surface area contributed by atoms with Gasteiger partial charge in [-0.25, -0.2) is 22.0 Å². The number of hydrogen-bond donors (Lipinski definition) is 1. The number of carboxylic acid groups (broad SMARTS) is 1. The second kappa shape index (κ2) is 9.25. The van der Waals surface area contributed by atoms with Crippen LogP contribution in [0.3, 0.4) is 0 Å². The molecule has 1 unspecified atom stereocenters. The fraction of sp³-hybridized carbons (Fsp3) is 0.385. The van der Waals surface area contributed by atoms with Gasteiger partial charge < -0.3 is 9.84 Å². The van der Waals surface area contributed by atoms with Crippen LogP contribution in [0.1, 0.15) is 33.3 Å². The number of benzene rings is 2. The van der Waals surface area contributed by atoms with Crippen LogP contribution in [0.2, 0.25) is 0 Å². The van der Waals surface area contributed by atoms with Crippen LogP contribution >= 0.6 is 0 Å². The van der Waals surface area contributed by atoms with Gasteiger partial charge in [-0.15, -0.1) is 0 Å². The molecular weight excluding hydrogens is 482 g/mol. The first-order chi connectivity index (χ1) is 16.8. The molecule has 2 heterocycles. The molecule has 36 heavy (non-hydrogen) atoms. The van der Waals surface area contributed by atoms with Crippen LogP contribution in [0.5, 0.6) is 0 Å². The lowest BCUT2D eigenvalue weighted by molar-refractivity contribution is -0.154. The standard InChI is InChI=1S/C26H31N3O6S/c1-25(2,3)35-24(32)28-16-15-27(18-26(28,4)23(30)31)17-19-9-8-12-22-21(19)13-14-29(22)36(33,34)20-10-6-5-7-11-20/h5-14H,15-18H2,1-4H3,(H,30,31). The fourth-order valence-electron chi connectivity index (χ4n) is 4.52. The highest BCUT2D eigenvalue weighted by Gasteiger charge is 2.48. The number of amides is 1. The van der Waals surface area contributed by atoms with Crippen LogP contribution in [-0.4, -0.2) is 70.1 Å². The van der Waals surface area contributed by atoms with Crippen molar-refractivity contribution in [2.75, 3.05) is 19.6 Å². The number of carbonyl (C=O) groups is 2.